The number of aryl methyl sites for hydroxylation is 3. The lowest BCUT2D eigenvalue weighted by molar-refractivity contribution is 0.0912. The van der Waals surface area contributed by atoms with Crippen LogP contribution >= 0.6 is 0 Å². The molecule has 1 heterocycles. The number of carbonyl (C=O) groups is 1. The van der Waals surface area contributed by atoms with Gasteiger partial charge in [0.15, 0.2) is 5.78 Å². The Morgan fingerprint density at radius 3 is 2.45 bits per heavy atom. The fourth-order valence-electron chi connectivity index (χ4n) is 3.24. The number of hydrogen-bond donors (Lipinski definition) is 1. The molecule has 6 nitrogen and oxygen atoms in total. The number of aliphatic hydroxyl groups excluding tert-OH is 1. The molecule has 0 radical (unpaired) electrons. The van der Waals surface area contributed by atoms with Gasteiger partial charge in [-0.25, -0.2) is 4.79 Å². The van der Waals surface area contributed by atoms with Crippen molar-refractivity contribution in [3.05, 3.63) is 81.5 Å². The van der Waals surface area contributed by atoms with Crippen molar-refractivity contribution in [3.8, 4) is 11.4 Å². The molecule has 1 atom stereocenters. The number of aliphatic hydroxyl groups is 1. The van der Waals surface area contributed by atoms with Crippen LogP contribution in [0.1, 0.15) is 34.1 Å². The van der Waals surface area contributed by atoms with Crippen LogP contribution in [-0.4, -0.2) is 32.7 Å². The minimum absolute atomic E-state index is 0.0230. The molecule has 3 aromatic rings. The number of ether oxygens (including phenoxy) is 1. The summed E-state index contributed by atoms with van der Waals surface area (Å²) in [6, 6.07) is 12.8. The molecule has 0 bridgehead atoms. The van der Waals surface area contributed by atoms with Gasteiger partial charge in [-0.1, -0.05) is 12.1 Å². The van der Waals surface area contributed by atoms with Crippen LogP contribution in [0.25, 0.3) is 5.69 Å². The van der Waals surface area contributed by atoms with E-state index >= 15 is 0 Å². The molecular weight excluding hydrogens is 368 g/mol. The monoisotopic (exact) mass is 394 g/mol. The van der Waals surface area contributed by atoms with E-state index < -0.39 is 6.10 Å². The van der Waals surface area contributed by atoms with Crippen LogP contribution < -0.4 is 10.4 Å². The second-order valence-corrected chi connectivity index (χ2v) is 7.38. The minimum Gasteiger partial charge on any atom is -0.491 e. The quantitative estimate of drug-likeness (QED) is 0.625. The normalized spacial score (nSPS) is 12.0. The fraction of sp³-hybridized carbons (Fsp3) is 0.304. The smallest absolute Gasteiger partial charge is 0.333 e. The van der Waals surface area contributed by atoms with Crippen LogP contribution in [0.5, 0.6) is 5.75 Å². The predicted molar refractivity (Wildman–Crippen MR) is 112 cm³/mol. The number of imidazole rings is 1. The van der Waals surface area contributed by atoms with Crippen molar-refractivity contribution in [2.75, 3.05) is 6.61 Å². The number of benzene rings is 2. The third-order valence-electron chi connectivity index (χ3n) is 4.85. The third-order valence-corrected chi connectivity index (χ3v) is 4.85. The van der Waals surface area contributed by atoms with Gasteiger partial charge in [-0.3, -0.25) is 13.9 Å². The fourth-order valence-corrected chi connectivity index (χ4v) is 3.24. The van der Waals surface area contributed by atoms with Crippen LogP contribution in [0.15, 0.2) is 53.5 Å². The van der Waals surface area contributed by atoms with Gasteiger partial charge >= 0.3 is 5.69 Å². The van der Waals surface area contributed by atoms with Crippen LogP contribution in [0, 0.1) is 20.8 Å². The maximum absolute atomic E-state index is 12.8. The van der Waals surface area contributed by atoms with Crippen molar-refractivity contribution in [1.82, 2.24) is 9.13 Å². The summed E-state index contributed by atoms with van der Waals surface area (Å²) < 4.78 is 8.78. The Balaban J connectivity index is 1.73. The molecule has 1 N–H and O–H groups in total. The zero-order valence-electron chi connectivity index (χ0n) is 17.2. The average molecular weight is 394 g/mol. The number of hydrogen-bond acceptors (Lipinski definition) is 4. The number of ketones is 1. The van der Waals surface area contributed by atoms with Crippen molar-refractivity contribution < 1.29 is 14.6 Å². The van der Waals surface area contributed by atoms with E-state index in [9.17, 15) is 14.7 Å². The Labute approximate surface area is 170 Å². The van der Waals surface area contributed by atoms with Crippen LogP contribution in [0.2, 0.25) is 0 Å². The maximum atomic E-state index is 12.8. The predicted octanol–water partition coefficient (Wildman–Crippen LogP) is 3.21. The SMILES string of the molecule is CC(=O)c1ccc(-n2c(C)cn(CC(O)COc3cc(C)ccc3C)c2=O)cc1. The van der Waals surface area contributed by atoms with Gasteiger partial charge in [-0.15, -0.1) is 0 Å². The van der Waals surface area contributed by atoms with Gasteiger partial charge in [-0.2, -0.15) is 0 Å². The molecule has 29 heavy (non-hydrogen) atoms. The summed E-state index contributed by atoms with van der Waals surface area (Å²) >= 11 is 0. The Kier molecular flexibility index (Phi) is 6.03. The molecule has 0 amide bonds. The first-order valence-corrected chi connectivity index (χ1v) is 9.54. The Morgan fingerprint density at radius 2 is 1.79 bits per heavy atom. The zero-order chi connectivity index (χ0) is 21.1. The van der Waals surface area contributed by atoms with Gasteiger partial charge in [0.1, 0.15) is 18.5 Å². The Morgan fingerprint density at radius 1 is 1.10 bits per heavy atom. The highest BCUT2D eigenvalue weighted by Gasteiger charge is 2.14. The molecule has 1 unspecified atom stereocenters. The van der Waals surface area contributed by atoms with Crippen molar-refractivity contribution >= 4 is 5.78 Å². The van der Waals surface area contributed by atoms with Crippen molar-refractivity contribution in [2.45, 2.75) is 40.3 Å². The summed E-state index contributed by atoms with van der Waals surface area (Å²) in [6.07, 6.45) is 0.880. The van der Waals surface area contributed by atoms with E-state index in [1.807, 2.05) is 39.0 Å². The van der Waals surface area contributed by atoms with E-state index in [2.05, 4.69) is 0 Å². The number of rotatable bonds is 7. The molecule has 1 aromatic heterocycles. The second-order valence-electron chi connectivity index (χ2n) is 7.38. The summed E-state index contributed by atoms with van der Waals surface area (Å²) in [6.45, 7) is 7.49. The lowest BCUT2D eigenvalue weighted by atomic mass is 10.1. The van der Waals surface area contributed by atoms with E-state index in [0.29, 0.717) is 11.3 Å². The molecule has 6 heteroatoms. The highest BCUT2D eigenvalue weighted by molar-refractivity contribution is 5.94. The number of Topliss-reactive ketones (excluding diaryl/α,β-unsaturated/α-hetero) is 1. The van der Waals surface area contributed by atoms with Crippen LogP contribution in [0.3, 0.4) is 0 Å². The zero-order valence-corrected chi connectivity index (χ0v) is 17.2. The first-order chi connectivity index (χ1) is 13.8. The lowest BCUT2D eigenvalue weighted by Gasteiger charge is -2.14. The molecule has 0 saturated carbocycles. The number of aromatic nitrogens is 2. The van der Waals surface area contributed by atoms with E-state index in [-0.39, 0.29) is 24.6 Å². The van der Waals surface area contributed by atoms with Gasteiger partial charge in [0.2, 0.25) is 0 Å². The topological polar surface area (TPSA) is 73.5 Å². The number of nitrogens with zero attached hydrogens (tertiary/aromatic N) is 2. The van der Waals surface area contributed by atoms with Crippen LogP contribution in [0.4, 0.5) is 0 Å². The van der Waals surface area contributed by atoms with Crippen molar-refractivity contribution in [1.29, 1.82) is 0 Å². The molecular formula is C23H26N2O4. The molecule has 3 rings (SSSR count). The Hall–Kier alpha value is -3.12. The van der Waals surface area contributed by atoms with Gasteiger partial charge < -0.3 is 9.84 Å². The standard InChI is InChI=1S/C23H26N2O4/c1-15-5-6-16(2)22(11-15)29-14-21(27)13-24-12-17(3)25(23(24)28)20-9-7-19(8-10-20)18(4)26/h5-12,21,27H,13-14H2,1-4H3. The molecule has 0 aliphatic carbocycles. The average Bonchev–Trinajstić information content (AvgIpc) is 2.95. The van der Waals surface area contributed by atoms with Gasteiger partial charge in [0.05, 0.1) is 12.2 Å². The first kappa shape index (κ1) is 20.6. The second kappa shape index (κ2) is 8.49. The lowest BCUT2D eigenvalue weighted by Crippen LogP contribution is -2.31. The third kappa shape index (κ3) is 4.66. The highest BCUT2D eigenvalue weighted by atomic mass is 16.5. The highest BCUT2D eigenvalue weighted by Crippen LogP contribution is 2.19. The minimum atomic E-state index is -0.831. The summed E-state index contributed by atoms with van der Waals surface area (Å²) in [5.41, 5.74) is 3.85. The van der Waals surface area contributed by atoms with E-state index in [0.717, 1.165) is 22.6 Å². The maximum Gasteiger partial charge on any atom is 0.333 e. The van der Waals surface area contributed by atoms with Crippen molar-refractivity contribution in [2.24, 2.45) is 0 Å². The summed E-state index contributed by atoms with van der Waals surface area (Å²) in [5, 5.41) is 10.4. The molecule has 0 spiro atoms. The summed E-state index contributed by atoms with van der Waals surface area (Å²) in [4.78, 5) is 24.3. The van der Waals surface area contributed by atoms with E-state index in [1.165, 1.54) is 11.5 Å². The number of carbonyl (C=O) groups excluding carboxylic acids is 1. The molecule has 152 valence electrons. The summed E-state index contributed by atoms with van der Waals surface area (Å²) in [7, 11) is 0. The van der Waals surface area contributed by atoms with E-state index in [1.54, 1.807) is 35.0 Å². The molecule has 0 aliphatic rings. The molecule has 0 aliphatic heterocycles. The first-order valence-electron chi connectivity index (χ1n) is 9.54. The summed E-state index contributed by atoms with van der Waals surface area (Å²) in [5.74, 6) is 0.709. The van der Waals surface area contributed by atoms with Gasteiger partial charge in [-0.05, 0) is 69.2 Å². The molecule has 0 fully saturated rings. The van der Waals surface area contributed by atoms with E-state index in [4.69, 9.17) is 4.74 Å². The molecule has 0 saturated heterocycles. The van der Waals surface area contributed by atoms with Crippen LogP contribution in [-0.2, 0) is 6.54 Å². The van der Waals surface area contributed by atoms with Crippen molar-refractivity contribution in [3.63, 3.8) is 0 Å². The molecule has 2 aromatic carbocycles. The largest absolute Gasteiger partial charge is 0.491 e. The Bertz CT molecular complexity index is 1080. The van der Waals surface area contributed by atoms with Gasteiger partial charge in [0, 0.05) is 17.5 Å². The van der Waals surface area contributed by atoms with Gasteiger partial charge in [0.25, 0.3) is 0 Å².